The summed E-state index contributed by atoms with van der Waals surface area (Å²) in [5.41, 5.74) is -0.322. The minimum absolute atomic E-state index is 0.0652. The summed E-state index contributed by atoms with van der Waals surface area (Å²) in [7, 11) is 0. The maximum absolute atomic E-state index is 13.6. The van der Waals surface area contributed by atoms with Gasteiger partial charge in [0, 0.05) is 16.2 Å². The van der Waals surface area contributed by atoms with Crippen molar-refractivity contribution in [2.45, 2.75) is 12.7 Å². The average molecular weight is 351 g/mol. The lowest BCUT2D eigenvalue weighted by Crippen LogP contribution is -2.22. The van der Waals surface area contributed by atoms with Crippen LogP contribution in [0.4, 0.5) is 17.6 Å². The van der Waals surface area contributed by atoms with E-state index in [4.69, 9.17) is 0 Å². The van der Waals surface area contributed by atoms with E-state index in [2.05, 4.69) is 21.0 Å². The summed E-state index contributed by atoms with van der Waals surface area (Å²) in [6, 6.07) is 4.32. The first-order valence-electron chi connectivity index (χ1n) is 5.35. The van der Waals surface area contributed by atoms with E-state index < -0.39 is 23.3 Å². The number of hydrogen-bond acceptors (Lipinski definition) is 2. The van der Waals surface area contributed by atoms with Crippen molar-refractivity contribution in [3.63, 3.8) is 0 Å². The first-order valence-corrected chi connectivity index (χ1v) is 6.14. The Morgan fingerprint density at radius 1 is 1.35 bits per heavy atom. The Hall–Kier alpha value is -1.70. The van der Waals surface area contributed by atoms with Crippen molar-refractivity contribution in [2.75, 3.05) is 0 Å². The zero-order valence-electron chi connectivity index (χ0n) is 9.79. The molecule has 1 heterocycles. The molecule has 0 aliphatic heterocycles. The van der Waals surface area contributed by atoms with Crippen LogP contribution in [-0.2, 0) is 6.54 Å². The molecule has 0 atom stereocenters. The van der Waals surface area contributed by atoms with Gasteiger partial charge in [-0.15, -0.1) is 0 Å². The van der Waals surface area contributed by atoms with Crippen molar-refractivity contribution >= 4 is 21.7 Å². The lowest BCUT2D eigenvalue weighted by molar-refractivity contribution is -0.0885. The van der Waals surface area contributed by atoms with Gasteiger partial charge in [0.2, 0.25) is 0 Å². The van der Waals surface area contributed by atoms with Crippen molar-refractivity contribution in [1.82, 2.24) is 9.78 Å². The molecule has 20 heavy (non-hydrogen) atoms. The molecule has 0 bridgehead atoms. The topological polar surface area (TPSA) is 34.9 Å². The summed E-state index contributed by atoms with van der Waals surface area (Å²) in [5, 5.41) is 3.63. The lowest BCUT2D eigenvalue weighted by atomic mass is 10.2. The lowest BCUT2D eigenvalue weighted by Gasteiger charge is -2.04. The zero-order valence-corrected chi connectivity index (χ0v) is 11.4. The fourth-order valence-corrected chi connectivity index (χ4v) is 1.89. The van der Waals surface area contributed by atoms with Gasteiger partial charge in [-0.2, -0.15) is 18.3 Å². The molecule has 0 aliphatic rings. The number of ketones is 1. The largest absolute Gasteiger partial charge is 0.454 e. The van der Waals surface area contributed by atoms with Gasteiger partial charge in [0.15, 0.2) is 0 Å². The number of alkyl halides is 3. The van der Waals surface area contributed by atoms with E-state index in [-0.39, 0.29) is 12.1 Å². The van der Waals surface area contributed by atoms with Crippen molar-refractivity contribution < 1.29 is 22.4 Å². The molecule has 0 fully saturated rings. The molecule has 0 spiro atoms. The van der Waals surface area contributed by atoms with E-state index in [1.807, 2.05) is 0 Å². The van der Waals surface area contributed by atoms with Crippen LogP contribution in [0.1, 0.15) is 15.9 Å². The number of carbonyl (C=O) groups is 1. The van der Waals surface area contributed by atoms with E-state index in [0.717, 1.165) is 17.1 Å². The predicted molar refractivity (Wildman–Crippen MR) is 65.8 cm³/mol. The fraction of sp³-hybridized carbons (Fsp3) is 0.167. The summed E-state index contributed by atoms with van der Waals surface area (Å²) in [6.45, 7) is -0.0652. The number of aromatic nitrogens is 2. The molecule has 0 aliphatic carbocycles. The number of carbonyl (C=O) groups excluding carboxylic acids is 1. The summed E-state index contributed by atoms with van der Waals surface area (Å²) >= 11 is 3.09. The van der Waals surface area contributed by atoms with Crippen LogP contribution in [0.25, 0.3) is 0 Å². The van der Waals surface area contributed by atoms with E-state index >= 15 is 0 Å². The van der Waals surface area contributed by atoms with Gasteiger partial charge in [-0.05, 0) is 12.1 Å². The van der Waals surface area contributed by atoms with Crippen LogP contribution < -0.4 is 0 Å². The fourth-order valence-electron chi connectivity index (χ4n) is 1.56. The third-order valence-electron chi connectivity index (χ3n) is 2.50. The molecular formula is C12H7BrF4N2O. The number of Topliss-reactive ketones (excluding diaryl/α,β-unsaturated/α-hetero) is 1. The quantitative estimate of drug-likeness (QED) is 0.626. The molecule has 0 N–H and O–H groups in total. The van der Waals surface area contributed by atoms with Crippen molar-refractivity contribution in [3.8, 4) is 0 Å². The van der Waals surface area contributed by atoms with Gasteiger partial charge >= 0.3 is 6.18 Å². The first kappa shape index (κ1) is 14.7. The Bertz CT molecular complexity index is 651. The summed E-state index contributed by atoms with van der Waals surface area (Å²) in [4.78, 5) is 11.0. The highest BCUT2D eigenvalue weighted by molar-refractivity contribution is 9.10. The van der Waals surface area contributed by atoms with Crippen LogP contribution in [0, 0.1) is 5.82 Å². The SMILES string of the molecule is O=C(c1cnn(Cc2ccc(Br)cc2F)c1)C(F)(F)F. The number of halogens is 5. The summed E-state index contributed by atoms with van der Waals surface area (Å²) in [5.74, 6) is -2.49. The molecule has 0 amide bonds. The van der Waals surface area contributed by atoms with Gasteiger partial charge in [-0.3, -0.25) is 9.48 Å². The number of hydrogen-bond donors (Lipinski definition) is 0. The molecule has 1 aromatic heterocycles. The predicted octanol–water partition coefficient (Wildman–Crippen LogP) is 3.58. The van der Waals surface area contributed by atoms with Crippen molar-refractivity contribution in [1.29, 1.82) is 0 Å². The van der Waals surface area contributed by atoms with E-state index in [1.165, 1.54) is 12.1 Å². The van der Waals surface area contributed by atoms with Crippen LogP contribution in [0.3, 0.4) is 0 Å². The zero-order chi connectivity index (χ0) is 14.9. The van der Waals surface area contributed by atoms with Crippen LogP contribution in [0.15, 0.2) is 35.1 Å². The molecule has 0 unspecified atom stereocenters. The number of nitrogens with zero attached hydrogens (tertiary/aromatic N) is 2. The molecule has 8 heteroatoms. The van der Waals surface area contributed by atoms with Crippen molar-refractivity contribution in [3.05, 3.63) is 52.0 Å². The van der Waals surface area contributed by atoms with Gasteiger partial charge in [0.1, 0.15) is 5.82 Å². The van der Waals surface area contributed by atoms with Gasteiger partial charge in [0.05, 0.1) is 18.3 Å². The standard InChI is InChI=1S/C12H7BrF4N2O/c13-9-2-1-7(10(14)3-9)5-19-6-8(4-18-19)11(20)12(15,16)17/h1-4,6H,5H2. The van der Waals surface area contributed by atoms with E-state index in [9.17, 15) is 22.4 Å². The Kier molecular flexibility index (Phi) is 3.94. The second kappa shape index (κ2) is 5.35. The normalized spacial score (nSPS) is 11.7. The summed E-state index contributed by atoms with van der Waals surface area (Å²) < 4.78 is 51.9. The Morgan fingerprint density at radius 2 is 2.05 bits per heavy atom. The molecule has 1 aromatic carbocycles. The van der Waals surface area contributed by atoms with Crippen LogP contribution in [0.2, 0.25) is 0 Å². The van der Waals surface area contributed by atoms with Gasteiger partial charge in [-0.25, -0.2) is 4.39 Å². The first-order chi connectivity index (χ1) is 9.27. The molecule has 0 radical (unpaired) electrons. The Balaban J connectivity index is 2.20. The average Bonchev–Trinajstić information content (AvgIpc) is 2.79. The van der Waals surface area contributed by atoms with Crippen LogP contribution in [0.5, 0.6) is 0 Å². The third kappa shape index (κ3) is 3.24. The monoisotopic (exact) mass is 350 g/mol. The smallest absolute Gasteiger partial charge is 0.284 e. The maximum Gasteiger partial charge on any atom is 0.454 e. The highest BCUT2D eigenvalue weighted by atomic mass is 79.9. The van der Waals surface area contributed by atoms with Gasteiger partial charge < -0.3 is 0 Å². The molecule has 2 aromatic rings. The molecule has 0 saturated heterocycles. The second-order valence-corrected chi connectivity index (χ2v) is 4.90. The molecule has 106 valence electrons. The summed E-state index contributed by atoms with van der Waals surface area (Å²) in [6.07, 6.45) is -3.19. The molecule has 0 saturated carbocycles. The van der Waals surface area contributed by atoms with Crippen LogP contribution in [-0.4, -0.2) is 21.7 Å². The molecule has 3 nitrogen and oxygen atoms in total. The molecule has 2 rings (SSSR count). The van der Waals surface area contributed by atoms with E-state index in [1.54, 1.807) is 6.07 Å². The maximum atomic E-state index is 13.6. The number of rotatable bonds is 3. The Morgan fingerprint density at radius 3 is 2.65 bits per heavy atom. The minimum atomic E-state index is -4.95. The highest BCUT2D eigenvalue weighted by Gasteiger charge is 2.39. The van der Waals surface area contributed by atoms with Gasteiger partial charge in [0.25, 0.3) is 5.78 Å². The highest BCUT2D eigenvalue weighted by Crippen LogP contribution is 2.21. The third-order valence-corrected chi connectivity index (χ3v) is 2.99. The Labute approximate surface area is 119 Å². The van der Waals surface area contributed by atoms with Crippen molar-refractivity contribution in [2.24, 2.45) is 0 Å². The van der Waals surface area contributed by atoms with Crippen LogP contribution >= 0.6 is 15.9 Å². The van der Waals surface area contributed by atoms with E-state index in [0.29, 0.717) is 4.47 Å². The van der Waals surface area contributed by atoms with Gasteiger partial charge in [-0.1, -0.05) is 22.0 Å². The molecular weight excluding hydrogens is 344 g/mol. The minimum Gasteiger partial charge on any atom is -0.284 e. The number of benzene rings is 1. The second-order valence-electron chi connectivity index (χ2n) is 3.99.